The Morgan fingerprint density at radius 2 is 0.977 bits per heavy atom. The van der Waals surface area contributed by atoms with Crippen LogP contribution in [0.3, 0.4) is 0 Å². The van der Waals surface area contributed by atoms with E-state index in [0.29, 0.717) is 45.1 Å². The van der Waals surface area contributed by atoms with Gasteiger partial charge < -0.3 is 20.1 Å². The predicted molar refractivity (Wildman–Crippen MR) is 177 cm³/mol. The molecule has 4 rings (SSSR count). The number of amides is 2. The summed E-state index contributed by atoms with van der Waals surface area (Å²) >= 11 is 2.56. The second-order valence-corrected chi connectivity index (χ2v) is 11.9. The molecule has 2 aromatic carbocycles. The van der Waals surface area contributed by atoms with Crippen molar-refractivity contribution >= 4 is 56.4 Å². The minimum atomic E-state index is -0.488. The number of nitrogens with one attached hydrogen (secondary N) is 2. The van der Waals surface area contributed by atoms with Crippen molar-refractivity contribution in [3.63, 3.8) is 0 Å². The molecule has 0 unspecified atom stereocenters. The summed E-state index contributed by atoms with van der Waals surface area (Å²) in [6.07, 6.45) is 1.29. The number of rotatable bonds is 13. The van der Waals surface area contributed by atoms with Crippen molar-refractivity contribution < 1.29 is 28.7 Å². The van der Waals surface area contributed by atoms with Crippen LogP contribution in [-0.2, 0) is 19.1 Å². The zero-order valence-corrected chi connectivity index (χ0v) is 26.9. The first-order valence-corrected chi connectivity index (χ1v) is 16.3. The van der Waals surface area contributed by atoms with Crippen LogP contribution in [0.2, 0.25) is 0 Å². The summed E-state index contributed by atoms with van der Waals surface area (Å²) < 4.78 is 10.6. The number of thiophene rings is 2. The average molecular weight is 633 g/mol. The van der Waals surface area contributed by atoms with Gasteiger partial charge in [-0.25, -0.2) is 9.59 Å². The van der Waals surface area contributed by atoms with Crippen LogP contribution in [0.1, 0.15) is 71.4 Å². The number of carbonyl (C=O) groups is 4. The zero-order valence-electron chi connectivity index (χ0n) is 25.3. The minimum Gasteiger partial charge on any atom is -0.462 e. The van der Waals surface area contributed by atoms with E-state index in [1.165, 1.54) is 22.7 Å². The Morgan fingerprint density at radius 3 is 1.32 bits per heavy atom. The number of carbonyl (C=O) groups excluding carboxylic acids is 4. The SMILES string of the molecule is CCOC(=O)c1c(-c2ccc(C)cc2)csc1NC(=O)CCCCC(=O)Nc1scc(-c2ccc(C)cc2)c1C(=O)OCC. The van der Waals surface area contributed by atoms with Crippen LogP contribution in [0, 0.1) is 13.8 Å². The zero-order chi connectivity index (χ0) is 31.6. The summed E-state index contributed by atoms with van der Waals surface area (Å²) in [6, 6.07) is 15.6. The lowest BCUT2D eigenvalue weighted by Crippen LogP contribution is -2.16. The third-order valence-corrected chi connectivity index (χ3v) is 8.62. The summed E-state index contributed by atoms with van der Waals surface area (Å²) in [6.45, 7) is 7.90. The highest BCUT2D eigenvalue weighted by atomic mass is 32.1. The molecule has 2 aromatic heterocycles. The Kier molecular flexibility index (Phi) is 11.5. The summed E-state index contributed by atoms with van der Waals surface area (Å²) in [7, 11) is 0. The quantitative estimate of drug-likeness (QED) is 0.113. The van der Waals surface area contributed by atoms with Crippen molar-refractivity contribution in [3.8, 4) is 22.3 Å². The molecule has 0 radical (unpaired) electrons. The maximum atomic E-state index is 12.8. The second kappa shape index (κ2) is 15.4. The molecule has 0 bridgehead atoms. The maximum absolute atomic E-state index is 12.8. The minimum absolute atomic E-state index is 0.179. The van der Waals surface area contributed by atoms with E-state index in [1.807, 2.05) is 73.1 Å². The fraction of sp³-hybridized carbons (Fsp3) is 0.294. The van der Waals surface area contributed by atoms with E-state index < -0.39 is 11.9 Å². The molecule has 2 N–H and O–H groups in total. The van der Waals surface area contributed by atoms with Crippen LogP contribution < -0.4 is 10.6 Å². The number of anilines is 2. The Labute approximate surface area is 265 Å². The maximum Gasteiger partial charge on any atom is 0.341 e. The van der Waals surface area contributed by atoms with Gasteiger partial charge in [-0.3, -0.25) is 9.59 Å². The van der Waals surface area contributed by atoms with Gasteiger partial charge in [-0.05, 0) is 51.7 Å². The number of aryl methyl sites for hydroxylation is 2. The molecular weight excluding hydrogens is 597 g/mol. The van der Waals surface area contributed by atoms with Gasteiger partial charge in [-0.1, -0.05) is 59.7 Å². The molecule has 0 fully saturated rings. The van der Waals surface area contributed by atoms with Crippen molar-refractivity contribution in [3.05, 3.63) is 81.5 Å². The molecule has 10 heteroatoms. The van der Waals surface area contributed by atoms with Crippen LogP contribution in [0.15, 0.2) is 59.3 Å². The van der Waals surface area contributed by atoms with E-state index in [4.69, 9.17) is 9.47 Å². The number of esters is 2. The van der Waals surface area contributed by atoms with Gasteiger partial charge in [0.2, 0.25) is 11.8 Å². The average Bonchev–Trinajstić information content (AvgIpc) is 3.61. The van der Waals surface area contributed by atoms with Crippen molar-refractivity contribution in [1.29, 1.82) is 0 Å². The highest BCUT2D eigenvalue weighted by molar-refractivity contribution is 7.15. The first-order chi connectivity index (χ1) is 21.2. The molecule has 0 saturated heterocycles. The highest BCUT2D eigenvalue weighted by Crippen LogP contribution is 2.38. The van der Waals surface area contributed by atoms with E-state index in [9.17, 15) is 19.2 Å². The molecule has 0 aliphatic heterocycles. The van der Waals surface area contributed by atoms with Gasteiger partial charge in [0, 0.05) is 34.7 Å². The molecule has 4 aromatic rings. The van der Waals surface area contributed by atoms with E-state index in [1.54, 1.807) is 13.8 Å². The van der Waals surface area contributed by atoms with Crippen LogP contribution in [0.4, 0.5) is 10.0 Å². The molecule has 0 atom stereocenters. The van der Waals surface area contributed by atoms with Crippen molar-refractivity contribution in [1.82, 2.24) is 0 Å². The summed E-state index contributed by atoms with van der Waals surface area (Å²) in [5.41, 5.74) is 6.03. The first-order valence-electron chi connectivity index (χ1n) is 14.5. The van der Waals surface area contributed by atoms with Gasteiger partial charge in [-0.15, -0.1) is 22.7 Å². The molecule has 0 aliphatic rings. The van der Waals surface area contributed by atoms with Crippen LogP contribution in [-0.4, -0.2) is 37.0 Å². The van der Waals surface area contributed by atoms with Gasteiger partial charge in [0.05, 0.1) is 13.2 Å². The normalized spacial score (nSPS) is 10.7. The molecule has 2 amide bonds. The van der Waals surface area contributed by atoms with Crippen molar-refractivity contribution in [2.75, 3.05) is 23.8 Å². The molecule has 0 saturated carbocycles. The molecule has 230 valence electrons. The lowest BCUT2D eigenvalue weighted by atomic mass is 10.0. The van der Waals surface area contributed by atoms with E-state index in [0.717, 1.165) is 22.3 Å². The lowest BCUT2D eigenvalue weighted by Gasteiger charge is -2.10. The summed E-state index contributed by atoms with van der Waals surface area (Å²) in [4.78, 5) is 51.2. The molecule has 2 heterocycles. The van der Waals surface area contributed by atoms with Gasteiger partial charge in [0.25, 0.3) is 0 Å². The van der Waals surface area contributed by atoms with E-state index in [-0.39, 0.29) is 37.9 Å². The second-order valence-electron chi connectivity index (χ2n) is 10.2. The van der Waals surface area contributed by atoms with Crippen LogP contribution >= 0.6 is 22.7 Å². The molecule has 0 spiro atoms. The number of hydrogen-bond acceptors (Lipinski definition) is 8. The topological polar surface area (TPSA) is 111 Å². The standard InChI is InChI=1S/C34H36N2O6S2/c1-5-41-33(39)29-25(23-15-11-21(3)12-16-23)19-43-31(29)35-27(37)9-7-8-10-28(38)36-32-30(34(40)42-6-2)26(20-44-32)24-17-13-22(4)14-18-24/h11-20H,5-10H2,1-4H3,(H,35,37)(H,36,38). The largest absolute Gasteiger partial charge is 0.462 e. The Morgan fingerprint density at radius 1 is 0.614 bits per heavy atom. The van der Waals surface area contributed by atoms with Gasteiger partial charge in [0.15, 0.2) is 0 Å². The third kappa shape index (κ3) is 8.21. The number of hydrogen-bond donors (Lipinski definition) is 2. The van der Waals surface area contributed by atoms with Gasteiger partial charge >= 0.3 is 11.9 Å². The highest BCUT2D eigenvalue weighted by Gasteiger charge is 2.24. The Hall–Kier alpha value is -4.28. The van der Waals surface area contributed by atoms with Crippen LogP contribution in [0.5, 0.6) is 0 Å². The summed E-state index contributed by atoms with van der Waals surface area (Å²) in [5, 5.41) is 10.3. The molecule has 8 nitrogen and oxygen atoms in total. The predicted octanol–water partition coefficient (Wildman–Crippen LogP) is 8.25. The number of benzene rings is 2. The molecular formula is C34H36N2O6S2. The van der Waals surface area contributed by atoms with E-state index in [2.05, 4.69) is 10.6 Å². The van der Waals surface area contributed by atoms with Crippen molar-refractivity contribution in [2.45, 2.75) is 53.4 Å². The van der Waals surface area contributed by atoms with Crippen LogP contribution in [0.25, 0.3) is 22.3 Å². The smallest absolute Gasteiger partial charge is 0.341 e. The lowest BCUT2D eigenvalue weighted by molar-refractivity contribution is -0.118. The first kappa shape index (κ1) is 32.6. The number of ether oxygens (including phenoxy) is 2. The fourth-order valence-corrected chi connectivity index (χ4v) is 6.50. The monoisotopic (exact) mass is 632 g/mol. The Balaban J connectivity index is 1.35. The van der Waals surface area contributed by atoms with Gasteiger partial charge in [0.1, 0.15) is 21.1 Å². The Bertz CT molecular complexity index is 1500. The number of unbranched alkanes of at least 4 members (excludes halogenated alkanes) is 1. The third-order valence-electron chi connectivity index (χ3n) is 6.83. The molecule has 44 heavy (non-hydrogen) atoms. The van der Waals surface area contributed by atoms with Crippen molar-refractivity contribution in [2.24, 2.45) is 0 Å². The van der Waals surface area contributed by atoms with E-state index >= 15 is 0 Å². The molecule has 0 aliphatic carbocycles. The summed E-state index contributed by atoms with van der Waals surface area (Å²) in [5.74, 6) is -1.48. The fourth-order valence-electron chi connectivity index (χ4n) is 4.55. The van der Waals surface area contributed by atoms with Gasteiger partial charge in [-0.2, -0.15) is 0 Å².